The van der Waals surface area contributed by atoms with Crippen molar-refractivity contribution in [3.8, 4) is 5.69 Å². The molecule has 0 aliphatic carbocycles. The quantitative estimate of drug-likeness (QED) is 0.676. The number of amides is 1. The molecule has 0 fully saturated rings. The van der Waals surface area contributed by atoms with Gasteiger partial charge < -0.3 is 10.1 Å². The van der Waals surface area contributed by atoms with E-state index in [1.54, 1.807) is 55.1 Å². The molecule has 0 aliphatic heterocycles. The summed E-state index contributed by atoms with van der Waals surface area (Å²) in [5, 5.41) is 2.60. The van der Waals surface area contributed by atoms with Crippen molar-refractivity contribution in [1.82, 2.24) is 9.36 Å². The number of esters is 1. The predicted octanol–water partition coefficient (Wildman–Crippen LogP) is 2.98. The van der Waals surface area contributed by atoms with Crippen LogP contribution in [0.1, 0.15) is 28.5 Å². The third-order valence-corrected chi connectivity index (χ3v) is 4.74. The summed E-state index contributed by atoms with van der Waals surface area (Å²) in [6.07, 6.45) is -1.06. The Balaban J connectivity index is 1.77. The van der Waals surface area contributed by atoms with Crippen LogP contribution in [0.5, 0.6) is 0 Å². The number of carbonyl (C=O) groups excluding carboxylic acids is 2. The molecule has 0 spiro atoms. The molecule has 0 bridgehead atoms. The fourth-order valence-electron chi connectivity index (χ4n) is 2.91. The smallest absolute Gasteiger partial charge is 0.338 e. The molecule has 1 N–H and O–H groups in total. The van der Waals surface area contributed by atoms with Gasteiger partial charge in [0.25, 0.3) is 11.5 Å². The van der Waals surface area contributed by atoms with E-state index in [4.69, 9.17) is 4.74 Å². The lowest BCUT2D eigenvalue weighted by atomic mass is 10.1. The van der Waals surface area contributed by atoms with Gasteiger partial charge in [-0.15, -0.1) is 0 Å². The molecule has 0 saturated heterocycles. The Morgan fingerprint density at radius 2 is 1.62 bits per heavy atom. The molecule has 1 atom stereocenters. The van der Waals surface area contributed by atoms with Crippen molar-refractivity contribution >= 4 is 17.6 Å². The third kappa shape index (κ3) is 4.13. The van der Waals surface area contributed by atoms with E-state index in [0.717, 1.165) is 5.56 Å². The fraction of sp³-hybridized carbons (Fsp3) is 0.227. The number of nitrogens with one attached hydrogen (secondary N) is 1. The maximum atomic E-state index is 12.9. The van der Waals surface area contributed by atoms with E-state index < -0.39 is 18.0 Å². The molecule has 2 aromatic carbocycles. The molecule has 0 unspecified atom stereocenters. The molecule has 7 heteroatoms. The van der Waals surface area contributed by atoms with Gasteiger partial charge in [-0.1, -0.05) is 35.9 Å². The maximum absolute atomic E-state index is 12.9. The first kappa shape index (κ1) is 20.1. The van der Waals surface area contributed by atoms with Crippen LogP contribution < -0.4 is 10.9 Å². The van der Waals surface area contributed by atoms with Gasteiger partial charge in [-0.05, 0) is 45.0 Å². The van der Waals surface area contributed by atoms with Crippen molar-refractivity contribution in [2.75, 3.05) is 5.32 Å². The summed E-state index contributed by atoms with van der Waals surface area (Å²) in [5.41, 5.74) is 2.44. The third-order valence-electron chi connectivity index (χ3n) is 4.74. The standard InChI is InChI=1S/C22H23N3O4/c1-14-10-12-17(13-11-14)22(28)29-16(3)20(26)23-19-15(2)24(4)25(21(19)27)18-8-6-5-7-9-18/h5-13,16H,1-4H3,(H,23,26)/t16-/m0/s1. The van der Waals surface area contributed by atoms with Gasteiger partial charge in [0.1, 0.15) is 5.69 Å². The number of aryl methyl sites for hydroxylation is 1. The lowest BCUT2D eigenvalue weighted by Gasteiger charge is -2.13. The number of hydrogen-bond donors (Lipinski definition) is 1. The molecule has 1 aromatic heterocycles. The average molecular weight is 393 g/mol. The zero-order valence-corrected chi connectivity index (χ0v) is 16.8. The highest BCUT2D eigenvalue weighted by molar-refractivity contribution is 5.97. The number of anilines is 1. The minimum absolute atomic E-state index is 0.152. The van der Waals surface area contributed by atoms with E-state index >= 15 is 0 Å². The molecule has 150 valence electrons. The Hall–Kier alpha value is -3.61. The number of ether oxygens (including phenoxy) is 1. The largest absolute Gasteiger partial charge is 0.449 e. The summed E-state index contributed by atoms with van der Waals surface area (Å²) in [6, 6.07) is 16.0. The highest BCUT2D eigenvalue weighted by atomic mass is 16.5. The molecule has 0 saturated carbocycles. The summed E-state index contributed by atoms with van der Waals surface area (Å²) in [7, 11) is 1.74. The van der Waals surface area contributed by atoms with Crippen LogP contribution in [0.2, 0.25) is 0 Å². The first-order chi connectivity index (χ1) is 13.8. The Bertz CT molecular complexity index is 1100. The van der Waals surface area contributed by atoms with Crippen LogP contribution in [0, 0.1) is 13.8 Å². The van der Waals surface area contributed by atoms with Crippen molar-refractivity contribution < 1.29 is 14.3 Å². The van der Waals surface area contributed by atoms with Gasteiger partial charge in [-0.2, -0.15) is 0 Å². The van der Waals surface area contributed by atoms with Gasteiger partial charge in [0.2, 0.25) is 0 Å². The molecule has 0 aliphatic rings. The first-order valence-corrected chi connectivity index (χ1v) is 9.22. The Labute approximate surface area is 168 Å². The second-order valence-electron chi connectivity index (χ2n) is 6.84. The minimum Gasteiger partial charge on any atom is -0.449 e. The Morgan fingerprint density at radius 1 is 1.00 bits per heavy atom. The number of rotatable bonds is 5. The summed E-state index contributed by atoms with van der Waals surface area (Å²) in [6.45, 7) is 5.12. The van der Waals surface area contributed by atoms with Crippen molar-refractivity contribution in [2.24, 2.45) is 7.05 Å². The monoisotopic (exact) mass is 393 g/mol. The van der Waals surface area contributed by atoms with E-state index in [1.807, 2.05) is 25.1 Å². The van der Waals surface area contributed by atoms with Crippen LogP contribution in [0.15, 0.2) is 59.4 Å². The van der Waals surface area contributed by atoms with Gasteiger partial charge in [-0.3, -0.25) is 14.3 Å². The summed E-state index contributed by atoms with van der Waals surface area (Å²) >= 11 is 0. The topological polar surface area (TPSA) is 82.3 Å². The summed E-state index contributed by atoms with van der Waals surface area (Å²) < 4.78 is 8.37. The van der Waals surface area contributed by atoms with Crippen LogP contribution in [0.3, 0.4) is 0 Å². The number of benzene rings is 2. The van der Waals surface area contributed by atoms with Gasteiger partial charge in [0.05, 0.1) is 16.9 Å². The fourth-order valence-corrected chi connectivity index (χ4v) is 2.91. The minimum atomic E-state index is -1.06. The number of hydrogen-bond acceptors (Lipinski definition) is 4. The van der Waals surface area contributed by atoms with E-state index in [-0.39, 0.29) is 11.2 Å². The van der Waals surface area contributed by atoms with Crippen LogP contribution in [-0.2, 0) is 16.6 Å². The van der Waals surface area contributed by atoms with E-state index in [1.165, 1.54) is 11.6 Å². The average Bonchev–Trinajstić information content (AvgIpc) is 2.92. The van der Waals surface area contributed by atoms with Crippen LogP contribution in [0.25, 0.3) is 5.69 Å². The molecular formula is C22H23N3O4. The Morgan fingerprint density at radius 3 is 2.24 bits per heavy atom. The summed E-state index contributed by atoms with van der Waals surface area (Å²) in [5.74, 6) is -1.17. The predicted molar refractivity (Wildman–Crippen MR) is 110 cm³/mol. The SMILES string of the molecule is Cc1ccc(C(=O)O[C@@H](C)C(=O)Nc2c(C)n(C)n(-c3ccccc3)c2=O)cc1. The lowest BCUT2D eigenvalue weighted by molar-refractivity contribution is -0.123. The molecular weight excluding hydrogens is 370 g/mol. The molecule has 1 amide bonds. The van der Waals surface area contributed by atoms with Crippen molar-refractivity contribution in [2.45, 2.75) is 26.9 Å². The number of para-hydroxylation sites is 1. The first-order valence-electron chi connectivity index (χ1n) is 9.22. The second kappa shape index (κ2) is 8.18. The second-order valence-corrected chi connectivity index (χ2v) is 6.84. The lowest BCUT2D eigenvalue weighted by Crippen LogP contribution is -2.32. The molecule has 3 aromatic rings. The molecule has 29 heavy (non-hydrogen) atoms. The number of carbonyl (C=O) groups is 2. The molecule has 3 rings (SSSR count). The van der Waals surface area contributed by atoms with Crippen molar-refractivity contribution in [3.05, 3.63) is 81.8 Å². The molecule has 0 radical (unpaired) electrons. The van der Waals surface area contributed by atoms with Crippen molar-refractivity contribution in [1.29, 1.82) is 0 Å². The van der Waals surface area contributed by atoms with Crippen LogP contribution >= 0.6 is 0 Å². The van der Waals surface area contributed by atoms with E-state index in [9.17, 15) is 14.4 Å². The highest BCUT2D eigenvalue weighted by Crippen LogP contribution is 2.15. The van der Waals surface area contributed by atoms with Gasteiger partial charge in [0.15, 0.2) is 6.10 Å². The van der Waals surface area contributed by atoms with Crippen molar-refractivity contribution in [3.63, 3.8) is 0 Å². The maximum Gasteiger partial charge on any atom is 0.338 e. The van der Waals surface area contributed by atoms with Crippen LogP contribution in [-0.4, -0.2) is 27.3 Å². The number of nitrogens with zero attached hydrogens (tertiary/aromatic N) is 2. The summed E-state index contributed by atoms with van der Waals surface area (Å²) in [4.78, 5) is 37.6. The molecule has 1 heterocycles. The van der Waals surface area contributed by atoms with Gasteiger partial charge in [-0.25, -0.2) is 9.48 Å². The zero-order chi connectivity index (χ0) is 21.1. The van der Waals surface area contributed by atoms with Gasteiger partial charge >= 0.3 is 5.97 Å². The number of aromatic nitrogens is 2. The van der Waals surface area contributed by atoms with Crippen LogP contribution in [0.4, 0.5) is 5.69 Å². The normalized spacial score (nSPS) is 11.7. The molecule has 7 nitrogen and oxygen atoms in total. The van der Waals surface area contributed by atoms with E-state index in [2.05, 4.69) is 5.32 Å². The van der Waals surface area contributed by atoms with E-state index in [0.29, 0.717) is 16.9 Å². The highest BCUT2D eigenvalue weighted by Gasteiger charge is 2.23. The Kier molecular flexibility index (Phi) is 5.68. The van der Waals surface area contributed by atoms with Gasteiger partial charge in [0, 0.05) is 7.05 Å². The zero-order valence-electron chi connectivity index (χ0n) is 16.8.